The number of carbonyl (C=O) groups is 2. The van der Waals surface area contributed by atoms with E-state index in [9.17, 15) is 9.59 Å². The van der Waals surface area contributed by atoms with E-state index >= 15 is 0 Å². The number of amides is 1. The Balaban J connectivity index is 4.90. The first-order valence-corrected chi connectivity index (χ1v) is 7.69. The van der Waals surface area contributed by atoms with E-state index in [-0.39, 0.29) is 23.7 Å². The fourth-order valence-electron chi connectivity index (χ4n) is 1.97. The second kappa shape index (κ2) is 8.28. The van der Waals surface area contributed by atoms with Crippen molar-refractivity contribution in [3.8, 4) is 0 Å². The molecule has 118 valence electrons. The zero-order valence-corrected chi connectivity index (χ0v) is 14.1. The van der Waals surface area contributed by atoms with Crippen LogP contribution in [0.5, 0.6) is 0 Å². The van der Waals surface area contributed by atoms with Crippen LogP contribution in [-0.2, 0) is 14.3 Å². The lowest BCUT2D eigenvalue weighted by atomic mass is 9.96. The Morgan fingerprint density at radius 2 is 1.55 bits per heavy atom. The number of hydrogen-bond acceptors (Lipinski definition) is 3. The molecule has 4 heteroatoms. The van der Waals surface area contributed by atoms with Gasteiger partial charge in [0, 0.05) is 5.92 Å². The van der Waals surface area contributed by atoms with E-state index in [2.05, 4.69) is 5.32 Å². The Hall–Kier alpha value is -1.06. The van der Waals surface area contributed by atoms with Crippen molar-refractivity contribution in [3.63, 3.8) is 0 Å². The molecule has 0 heterocycles. The van der Waals surface area contributed by atoms with Crippen LogP contribution in [0.4, 0.5) is 0 Å². The smallest absolute Gasteiger partial charge is 0.329 e. The van der Waals surface area contributed by atoms with Crippen LogP contribution in [0.25, 0.3) is 0 Å². The molecule has 20 heavy (non-hydrogen) atoms. The number of carbonyl (C=O) groups excluding carboxylic acids is 2. The lowest BCUT2D eigenvalue weighted by molar-refractivity contribution is -0.160. The first-order chi connectivity index (χ1) is 9.16. The zero-order chi connectivity index (χ0) is 15.9. The molecule has 0 aliphatic heterocycles. The minimum atomic E-state index is -0.563. The highest BCUT2D eigenvalue weighted by Crippen LogP contribution is 2.16. The van der Waals surface area contributed by atoms with Crippen LogP contribution < -0.4 is 5.32 Å². The monoisotopic (exact) mass is 285 g/mol. The molecular weight excluding hydrogens is 254 g/mol. The summed E-state index contributed by atoms with van der Waals surface area (Å²) < 4.78 is 5.42. The van der Waals surface area contributed by atoms with Crippen molar-refractivity contribution < 1.29 is 14.3 Å². The Morgan fingerprint density at radius 1 is 1.05 bits per heavy atom. The van der Waals surface area contributed by atoms with Gasteiger partial charge < -0.3 is 10.1 Å². The van der Waals surface area contributed by atoms with E-state index in [0.717, 1.165) is 19.3 Å². The van der Waals surface area contributed by atoms with E-state index in [4.69, 9.17) is 4.74 Å². The largest absolute Gasteiger partial charge is 0.458 e. The average Bonchev–Trinajstić information content (AvgIpc) is 2.34. The summed E-state index contributed by atoms with van der Waals surface area (Å²) in [5, 5.41) is 2.88. The maximum atomic E-state index is 12.3. The summed E-state index contributed by atoms with van der Waals surface area (Å²) in [4.78, 5) is 24.4. The molecule has 0 rings (SSSR count). The van der Waals surface area contributed by atoms with Gasteiger partial charge in [-0.3, -0.25) is 4.79 Å². The molecule has 0 radical (unpaired) electrons. The van der Waals surface area contributed by atoms with Crippen LogP contribution in [0.3, 0.4) is 0 Å². The van der Waals surface area contributed by atoms with E-state index in [1.54, 1.807) is 0 Å². The summed E-state index contributed by atoms with van der Waals surface area (Å²) >= 11 is 0. The predicted octanol–water partition coefficient (Wildman–Crippen LogP) is 3.30. The van der Waals surface area contributed by atoms with Gasteiger partial charge in [0.25, 0.3) is 0 Å². The highest BCUT2D eigenvalue weighted by molar-refractivity contribution is 5.86. The van der Waals surface area contributed by atoms with Crippen LogP contribution in [0.15, 0.2) is 0 Å². The summed E-state index contributed by atoms with van der Waals surface area (Å²) in [6.07, 6.45) is 2.38. The lowest BCUT2D eigenvalue weighted by Gasteiger charge is -2.28. The topological polar surface area (TPSA) is 55.4 Å². The third kappa shape index (κ3) is 6.40. The maximum absolute atomic E-state index is 12.3. The third-order valence-electron chi connectivity index (χ3n) is 3.53. The van der Waals surface area contributed by atoms with Crippen molar-refractivity contribution in [1.82, 2.24) is 5.32 Å². The van der Waals surface area contributed by atoms with Gasteiger partial charge in [-0.05, 0) is 39.5 Å². The molecule has 2 atom stereocenters. The quantitative estimate of drug-likeness (QED) is 0.730. The normalized spacial score (nSPS) is 14.8. The van der Waals surface area contributed by atoms with Gasteiger partial charge in [0.1, 0.15) is 11.6 Å². The first-order valence-electron chi connectivity index (χ1n) is 7.69. The Morgan fingerprint density at radius 3 is 1.90 bits per heavy atom. The number of hydrogen-bond donors (Lipinski definition) is 1. The van der Waals surface area contributed by atoms with Gasteiger partial charge >= 0.3 is 5.97 Å². The van der Waals surface area contributed by atoms with Gasteiger partial charge in [0.15, 0.2) is 0 Å². The third-order valence-corrected chi connectivity index (χ3v) is 3.53. The maximum Gasteiger partial charge on any atom is 0.329 e. The van der Waals surface area contributed by atoms with Gasteiger partial charge in [-0.25, -0.2) is 4.79 Å². The molecule has 0 aromatic heterocycles. The second-order valence-electron chi connectivity index (χ2n) is 6.42. The molecule has 1 amide bonds. The molecule has 0 bridgehead atoms. The molecule has 0 aromatic rings. The summed E-state index contributed by atoms with van der Waals surface area (Å²) in [6, 6.07) is -0.563. The predicted molar refractivity (Wildman–Crippen MR) is 81.3 cm³/mol. The SMILES string of the molecule is CCC(CC)C(=O)N[C@H](C(=O)OC(C)(C)C)[C@@H](C)CC. The summed E-state index contributed by atoms with van der Waals surface area (Å²) in [5.41, 5.74) is -0.539. The van der Waals surface area contributed by atoms with Crippen molar-refractivity contribution in [1.29, 1.82) is 0 Å². The zero-order valence-electron chi connectivity index (χ0n) is 14.1. The summed E-state index contributed by atoms with van der Waals surface area (Å²) in [5.74, 6) is -0.371. The highest BCUT2D eigenvalue weighted by atomic mass is 16.6. The molecular formula is C16H31NO3. The van der Waals surface area contributed by atoms with Gasteiger partial charge in [0.2, 0.25) is 5.91 Å². The minimum absolute atomic E-state index is 0.0380. The van der Waals surface area contributed by atoms with Crippen LogP contribution in [0.1, 0.15) is 67.7 Å². The van der Waals surface area contributed by atoms with Crippen molar-refractivity contribution >= 4 is 11.9 Å². The molecule has 1 N–H and O–H groups in total. The number of rotatable bonds is 7. The highest BCUT2D eigenvalue weighted by Gasteiger charge is 2.31. The van der Waals surface area contributed by atoms with Crippen LogP contribution in [0, 0.1) is 11.8 Å². The molecule has 0 fully saturated rings. The van der Waals surface area contributed by atoms with Crippen molar-refractivity contribution in [2.24, 2.45) is 11.8 Å². The molecule has 0 aromatic carbocycles. The van der Waals surface area contributed by atoms with Crippen molar-refractivity contribution in [2.45, 2.75) is 79.4 Å². The van der Waals surface area contributed by atoms with E-state index < -0.39 is 11.6 Å². The Kier molecular flexibility index (Phi) is 7.84. The van der Waals surface area contributed by atoms with E-state index in [1.165, 1.54) is 0 Å². The molecule has 0 unspecified atom stereocenters. The molecule has 0 saturated heterocycles. The number of ether oxygens (including phenoxy) is 1. The Bertz CT molecular complexity index is 316. The minimum Gasteiger partial charge on any atom is -0.458 e. The van der Waals surface area contributed by atoms with E-state index in [1.807, 2.05) is 48.5 Å². The van der Waals surface area contributed by atoms with Crippen LogP contribution in [-0.4, -0.2) is 23.5 Å². The fourth-order valence-corrected chi connectivity index (χ4v) is 1.97. The van der Waals surface area contributed by atoms with Gasteiger partial charge in [-0.1, -0.05) is 34.1 Å². The fraction of sp³-hybridized carbons (Fsp3) is 0.875. The van der Waals surface area contributed by atoms with Crippen molar-refractivity contribution in [3.05, 3.63) is 0 Å². The molecule has 0 aliphatic rings. The molecule has 0 saturated carbocycles. The average molecular weight is 285 g/mol. The second-order valence-corrected chi connectivity index (χ2v) is 6.42. The molecule has 4 nitrogen and oxygen atoms in total. The van der Waals surface area contributed by atoms with Gasteiger partial charge in [-0.2, -0.15) is 0 Å². The van der Waals surface area contributed by atoms with Gasteiger partial charge in [0.05, 0.1) is 0 Å². The Labute approximate surface area is 123 Å². The lowest BCUT2D eigenvalue weighted by Crippen LogP contribution is -2.49. The van der Waals surface area contributed by atoms with Gasteiger partial charge in [-0.15, -0.1) is 0 Å². The summed E-state index contributed by atoms with van der Waals surface area (Å²) in [6.45, 7) is 13.4. The van der Waals surface area contributed by atoms with Crippen LogP contribution >= 0.6 is 0 Å². The van der Waals surface area contributed by atoms with E-state index in [0.29, 0.717) is 0 Å². The first kappa shape index (κ1) is 18.9. The summed E-state index contributed by atoms with van der Waals surface area (Å²) in [7, 11) is 0. The molecule has 0 spiro atoms. The number of esters is 1. The molecule has 0 aliphatic carbocycles. The van der Waals surface area contributed by atoms with Crippen LogP contribution in [0.2, 0.25) is 0 Å². The standard InChI is InChI=1S/C16H31NO3/c1-8-11(4)13(15(19)20-16(5,6)7)17-14(18)12(9-2)10-3/h11-13H,8-10H2,1-7H3,(H,17,18)/t11-,13-/m0/s1. The van der Waals surface area contributed by atoms with Crippen molar-refractivity contribution in [2.75, 3.05) is 0 Å². The number of nitrogens with one attached hydrogen (secondary N) is 1.